The molecule has 0 aliphatic carbocycles. The summed E-state index contributed by atoms with van der Waals surface area (Å²) in [6, 6.07) is 17.9. The molecule has 2 aromatic carbocycles. The van der Waals surface area contributed by atoms with Gasteiger partial charge in [-0.2, -0.15) is 18.4 Å². The van der Waals surface area contributed by atoms with Crippen LogP contribution in [0.5, 0.6) is 0 Å². The van der Waals surface area contributed by atoms with Gasteiger partial charge >= 0.3 is 6.18 Å². The molecule has 36 heavy (non-hydrogen) atoms. The van der Waals surface area contributed by atoms with Gasteiger partial charge in [-0.15, -0.1) is 0 Å². The van der Waals surface area contributed by atoms with Crippen molar-refractivity contribution in [1.29, 1.82) is 5.26 Å². The van der Waals surface area contributed by atoms with Crippen LogP contribution in [-0.2, 0) is 25.7 Å². The van der Waals surface area contributed by atoms with Crippen molar-refractivity contribution >= 4 is 0 Å². The SMILES string of the molecule is N#Cc1cccc(-c2ccc(CN3CCc4nc(-c5ccc(C(F)(F)F)cc5)[nH]c(=O)c4C3)cn2)c1. The van der Waals surface area contributed by atoms with Crippen LogP contribution in [0.15, 0.2) is 71.7 Å². The number of benzene rings is 2. The maximum Gasteiger partial charge on any atom is 0.416 e. The van der Waals surface area contributed by atoms with Crippen LogP contribution in [0.25, 0.3) is 22.6 Å². The van der Waals surface area contributed by atoms with Crippen LogP contribution >= 0.6 is 0 Å². The lowest BCUT2D eigenvalue weighted by molar-refractivity contribution is -0.137. The molecule has 2 aromatic heterocycles. The summed E-state index contributed by atoms with van der Waals surface area (Å²) < 4.78 is 38.5. The Morgan fingerprint density at radius 1 is 1.06 bits per heavy atom. The normalized spacial score (nSPS) is 13.7. The summed E-state index contributed by atoms with van der Waals surface area (Å²) in [6.07, 6.45) is -2.07. The van der Waals surface area contributed by atoms with Crippen molar-refractivity contribution in [3.63, 3.8) is 0 Å². The van der Waals surface area contributed by atoms with Crippen molar-refractivity contribution in [2.75, 3.05) is 6.54 Å². The average Bonchev–Trinajstić information content (AvgIpc) is 2.89. The van der Waals surface area contributed by atoms with Crippen LogP contribution in [0.2, 0.25) is 0 Å². The number of H-pyrrole nitrogens is 1. The highest BCUT2D eigenvalue weighted by Crippen LogP contribution is 2.30. The molecule has 9 heteroatoms. The molecule has 3 heterocycles. The molecule has 4 aromatic rings. The predicted octanol–water partition coefficient (Wildman–Crippen LogP) is 4.95. The molecule has 180 valence electrons. The van der Waals surface area contributed by atoms with E-state index in [0.29, 0.717) is 48.4 Å². The molecule has 0 bridgehead atoms. The molecule has 5 rings (SSSR count). The van der Waals surface area contributed by atoms with E-state index in [-0.39, 0.29) is 11.4 Å². The van der Waals surface area contributed by atoms with Gasteiger partial charge in [0.05, 0.1) is 34.1 Å². The lowest BCUT2D eigenvalue weighted by Gasteiger charge is -2.27. The van der Waals surface area contributed by atoms with Gasteiger partial charge in [-0.05, 0) is 35.9 Å². The van der Waals surface area contributed by atoms with Gasteiger partial charge in [0.2, 0.25) is 0 Å². The van der Waals surface area contributed by atoms with Crippen molar-refractivity contribution in [3.8, 4) is 28.7 Å². The van der Waals surface area contributed by atoms with Crippen LogP contribution in [0.4, 0.5) is 13.2 Å². The zero-order valence-corrected chi connectivity index (χ0v) is 19.0. The van der Waals surface area contributed by atoms with Crippen LogP contribution in [0, 0.1) is 11.3 Å². The van der Waals surface area contributed by atoms with Gasteiger partial charge in [0.1, 0.15) is 5.82 Å². The molecule has 1 N–H and O–H groups in total. The first-order chi connectivity index (χ1) is 17.3. The minimum absolute atomic E-state index is 0.265. The summed E-state index contributed by atoms with van der Waals surface area (Å²) in [4.78, 5) is 26.7. The number of aromatic amines is 1. The molecule has 0 fully saturated rings. The third-order valence-electron chi connectivity index (χ3n) is 6.15. The first-order valence-electron chi connectivity index (χ1n) is 11.3. The topological polar surface area (TPSA) is 85.7 Å². The van der Waals surface area contributed by atoms with Gasteiger partial charge in [-0.1, -0.05) is 30.3 Å². The van der Waals surface area contributed by atoms with E-state index in [1.165, 1.54) is 12.1 Å². The van der Waals surface area contributed by atoms with Gasteiger partial charge in [-0.3, -0.25) is 14.7 Å². The van der Waals surface area contributed by atoms with E-state index < -0.39 is 11.7 Å². The zero-order valence-electron chi connectivity index (χ0n) is 19.0. The smallest absolute Gasteiger partial charge is 0.306 e. The molecule has 0 saturated heterocycles. The minimum Gasteiger partial charge on any atom is -0.306 e. The molecular formula is C27H20F3N5O. The van der Waals surface area contributed by atoms with E-state index in [4.69, 9.17) is 5.26 Å². The van der Waals surface area contributed by atoms with Gasteiger partial charge in [0, 0.05) is 43.4 Å². The first-order valence-corrected chi connectivity index (χ1v) is 11.3. The monoisotopic (exact) mass is 487 g/mol. The summed E-state index contributed by atoms with van der Waals surface area (Å²) in [7, 11) is 0. The second-order valence-electron chi connectivity index (χ2n) is 8.62. The molecule has 6 nitrogen and oxygen atoms in total. The van der Waals surface area contributed by atoms with Gasteiger partial charge in [0.25, 0.3) is 5.56 Å². The van der Waals surface area contributed by atoms with E-state index in [2.05, 4.69) is 25.9 Å². The number of aromatic nitrogens is 3. The van der Waals surface area contributed by atoms with Crippen molar-refractivity contribution in [2.45, 2.75) is 25.7 Å². The Bertz CT molecular complexity index is 1500. The van der Waals surface area contributed by atoms with E-state index in [0.717, 1.165) is 29.0 Å². The standard InChI is InChI=1S/C27H20F3N5O/c28-27(29,30)21-7-5-19(6-8-21)25-33-24-10-11-35(16-22(24)26(36)34-25)15-18-4-9-23(32-14-18)20-3-1-2-17(12-20)13-31/h1-9,12,14H,10-11,15-16H2,(H,33,34,36). The fraction of sp³-hybridized carbons (Fsp3) is 0.185. The Morgan fingerprint density at radius 2 is 1.86 bits per heavy atom. The fourth-order valence-corrected chi connectivity index (χ4v) is 4.26. The third-order valence-corrected chi connectivity index (χ3v) is 6.15. The quantitative estimate of drug-likeness (QED) is 0.440. The Kier molecular flexibility index (Phi) is 6.12. The van der Waals surface area contributed by atoms with Gasteiger partial charge in [-0.25, -0.2) is 4.98 Å². The van der Waals surface area contributed by atoms with Gasteiger partial charge < -0.3 is 4.98 Å². The zero-order chi connectivity index (χ0) is 25.3. The fourth-order valence-electron chi connectivity index (χ4n) is 4.26. The number of alkyl halides is 3. The molecule has 0 unspecified atom stereocenters. The second kappa shape index (κ2) is 9.40. The molecule has 1 aliphatic heterocycles. The summed E-state index contributed by atoms with van der Waals surface area (Å²) in [5.74, 6) is 0.265. The number of rotatable bonds is 4. The maximum absolute atomic E-state index is 12.8. The van der Waals surface area contributed by atoms with E-state index in [1.54, 1.807) is 18.3 Å². The summed E-state index contributed by atoms with van der Waals surface area (Å²) in [5, 5.41) is 9.09. The number of fused-ring (bicyclic) bond motifs is 1. The van der Waals surface area contributed by atoms with Crippen molar-refractivity contribution in [3.05, 3.63) is 105 Å². The van der Waals surface area contributed by atoms with Crippen molar-refractivity contribution in [2.24, 2.45) is 0 Å². The Hall–Kier alpha value is -4.29. The highest BCUT2D eigenvalue weighted by molar-refractivity contribution is 5.61. The number of nitriles is 1. The second-order valence-corrected chi connectivity index (χ2v) is 8.62. The average molecular weight is 487 g/mol. The lowest BCUT2D eigenvalue weighted by Crippen LogP contribution is -2.35. The number of pyridine rings is 1. The molecule has 0 spiro atoms. The molecule has 0 radical (unpaired) electrons. The summed E-state index contributed by atoms with van der Waals surface area (Å²) in [6.45, 7) is 1.70. The molecular weight excluding hydrogens is 467 g/mol. The number of nitrogens with one attached hydrogen (secondary N) is 1. The Labute approximate surface area is 204 Å². The summed E-state index contributed by atoms with van der Waals surface area (Å²) >= 11 is 0. The van der Waals surface area contributed by atoms with Crippen molar-refractivity contribution in [1.82, 2.24) is 19.9 Å². The van der Waals surface area contributed by atoms with Crippen LogP contribution in [0.1, 0.15) is 27.9 Å². The number of nitrogens with zero attached hydrogens (tertiary/aromatic N) is 4. The van der Waals surface area contributed by atoms with E-state index in [9.17, 15) is 18.0 Å². The maximum atomic E-state index is 12.8. The molecule has 0 amide bonds. The largest absolute Gasteiger partial charge is 0.416 e. The number of halogens is 3. The number of hydrogen-bond acceptors (Lipinski definition) is 5. The highest BCUT2D eigenvalue weighted by Gasteiger charge is 2.30. The van der Waals surface area contributed by atoms with Gasteiger partial charge in [0.15, 0.2) is 0 Å². The first kappa shape index (κ1) is 23.5. The molecule has 1 aliphatic rings. The van der Waals surface area contributed by atoms with Crippen molar-refractivity contribution < 1.29 is 13.2 Å². The number of hydrogen-bond donors (Lipinski definition) is 1. The highest BCUT2D eigenvalue weighted by atomic mass is 19.4. The minimum atomic E-state index is -4.42. The van der Waals surface area contributed by atoms with Crippen LogP contribution in [0.3, 0.4) is 0 Å². The Balaban J connectivity index is 1.30. The molecule has 0 saturated carbocycles. The summed E-state index contributed by atoms with van der Waals surface area (Å²) in [5.41, 5.74) is 3.83. The Morgan fingerprint density at radius 3 is 2.56 bits per heavy atom. The van der Waals surface area contributed by atoms with Crippen LogP contribution < -0.4 is 5.56 Å². The third kappa shape index (κ3) is 4.90. The van der Waals surface area contributed by atoms with E-state index in [1.807, 2.05) is 24.3 Å². The van der Waals surface area contributed by atoms with E-state index >= 15 is 0 Å². The predicted molar refractivity (Wildman–Crippen MR) is 128 cm³/mol. The lowest BCUT2D eigenvalue weighted by atomic mass is 10.0. The van der Waals surface area contributed by atoms with Crippen LogP contribution in [-0.4, -0.2) is 26.4 Å². The molecule has 0 atom stereocenters.